The fourth-order valence-electron chi connectivity index (χ4n) is 0.636. The van der Waals surface area contributed by atoms with Crippen LogP contribution < -0.4 is 5.73 Å². The van der Waals surface area contributed by atoms with Crippen LogP contribution in [-0.4, -0.2) is 19.6 Å². The van der Waals surface area contributed by atoms with E-state index in [-0.39, 0.29) is 0 Å². The number of nitrogen functional groups attached to an aromatic ring is 1. The van der Waals surface area contributed by atoms with Gasteiger partial charge in [-0.3, -0.25) is 0 Å². The van der Waals surface area contributed by atoms with Crippen LogP contribution in [0.25, 0.3) is 10.3 Å². The van der Waals surface area contributed by atoms with E-state index in [0.717, 1.165) is 4.70 Å². The first-order valence-corrected chi connectivity index (χ1v) is 3.34. The molecule has 50 valence electrons. The quantitative estimate of drug-likeness (QED) is 0.579. The van der Waals surface area contributed by atoms with Gasteiger partial charge < -0.3 is 5.73 Å². The highest BCUT2D eigenvalue weighted by Crippen LogP contribution is 2.16. The molecule has 0 radical (unpaired) electrons. The number of fused-ring (bicyclic) bond motifs is 1. The predicted molar refractivity (Wildman–Crippen MR) is 37.4 cm³/mol. The molecule has 0 spiro atoms. The van der Waals surface area contributed by atoms with Crippen LogP contribution in [0.15, 0.2) is 6.33 Å². The van der Waals surface area contributed by atoms with Gasteiger partial charge in [-0.05, 0) is 11.5 Å². The highest BCUT2D eigenvalue weighted by atomic mass is 32.1. The number of nitrogens with zero attached hydrogens (tertiary/aromatic N) is 4. The topological polar surface area (TPSA) is 77.6 Å². The smallest absolute Gasteiger partial charge is 0.199 e. The molecule has 2 aromatic rings. The summed E-state index contributed by atoms with van der Waals surface area (Å²) in [5, 5.41) is 3.72. The van der Waals surface area contributed by atoms with E-state index < -0.39 is 0 Å². The summed E-state index contributed by atoms with van der Waals surface area (Å²) >= 11 is 1.20. The fourth-order valence-corrected chi connectivity index (χ4v) is 1.16. The average molecular weight is 153 g/mol. The molecule has 0 unspecified atom stereocenters. The lowest BCUT2D eigenvalue weighted by atomic mass is 10.6. The molecule has 2 aromatic heterocycles. The highest BCUT2D eigenvalue weighted by molar-refractivity contribution is 7.13. The lowest BCUT2D eigenvalue weighted by Gasteiger charge is -1.87. The minimum absolute atomic E-state index is 0.444. The van der Waals surface area contributed by atoms with E-state index in [0.29, 0.717) is 11.5 Å². The number of hydrogen-bond acceptors (Lipinski definition) is 6. The summed E-state index contributed by atoms with van der Waals surface area (Å²) in [5.41, 5.74) is 6.05. The Labute approximate surface area is 60.1 Å². The van der Waals surface area contributed by atoms with Crippen LogP contribution in [-0.2, 0) is 0 Å². The lowest BCUT2D eigenvalue weighted by Crippen LogP contribution is -1.90. The lowest BCUT2D eigenvalue weighted by molar-refractivity contribution is 1.13. The van der Waals surface area contributed by atoms with Crippen molar-refractivity contribution in [1.82, 2.24) is 19.6 Å². The predicted octanol–water partition coefficient (Wildman–Crippen LogP) is 0.0635. The first kappa shape index (κ1) is 5.48. The van der Waals surface area contributed by atoms with Gasteiger partial charge in [0.15, 0.2) is 5.65 Å². The summed E-state index contributed by atoms with van der Waals surface area (Å²) in [5.74, 6) is 0.444. The van der Waals surface area contributed by atoms with Crippen molar-refractivity contribution >= 4 is 27.7 Å². The Hall–Kier alpha value is -1.30. The van der Waals surface area contributed by atoms with E-state index >= 15 is 0 Å². The van der Waals surface area contributed by atoms with Crippen molar-refractivity contribution in [2.45, 2.75) is 0 Å². The zero-order valence-corrected chi connectivity index (χ0v) is 5.67. The summed E-state index contributed by atoms with van der Waals surface area (Å²) in [6, 6.07) is 0. The molecule has 0 aromatic carbocycles. The van der Waals surface area contributed by atoms with E-state index in [1.165, 1.54) is 17.9 Å². The van der Waals surface area contributed by atoms with Crippen molar-refractivity contribution in [1.29, 1.82) is 0 Å². The average Bonchev–Trinajstić information content (AvgIpc) is 2.36. The van der Waals surface area contributed by atoms with Gasteiger partial charge in [0.2, 0.25) is 0 Å². The van der Waals surface area contributed by atoms with Gasteiger partial charge in [-0.15, -0.1) is 5.10 Å². The summed E-state index contributed by atoms with van der Waals surface area (Å²) in [7, 11) is 0. The Bertz CT molecular complexity index is 355. The molecule has 0 fully saturated rings. The minimum atomic E-state index is 0.444. The van der Waals surface area contributed by atoms with Crippen molar-refractivity contribution in [3.63, 3.8) is 0 Å². The van der Waals surface area contributed by atoms with Gasteiger partial charge in [0, 0.05) is 0 Å². The van der Waals surface area contributed by atoms with Crippen molar-refractivity contribution in [2.24, 2.45) is 0 Å². The Balaban J connectivity index is 2.95. The van der Waals surface area contributed by atoms with E-state index in [4.69, 9.17) is 5.73 Å². The standard InChI is InChI=1S/C4H3N5S/c5-3-2-4(7-1-6-3)8-9-10-2/h1H,(H2,5,6,7). The largest absolute Gasteiger partial charge is 0.382 e. The molecular formula is C4H3N5S. The molecule has 0 bridgehead atoms. The maximum atomic E-state index is 5.48. The summed E-state index contributed by atoms with van der Waals surface area (Å²) in [6.07, 6.45) is 1.37. The number of aromatic nitrogens is 4. The molecule has 2 N–H and O–H groups in total. The van der Waals surface area contributed by atoms with Crippen molar-refractivity contribution in [2.75, 3.05) is 5.73 Å². The highest BCUT2D eigenvalue weighted by Gasteiger charge is 2.01. The second kappa shape index (κ2) is 1.84. The van der Waals surface area contributed by atoms with E-state index in [2.05, 4.69) is 19.6 Å². The molecule has 0 saturated carbocycles. The van der Waals surface area contributed by atoms with Crippen molar-refractivity contribution < 1.29 is 0 Å². The van der Waals surface area contributed by atoms with Gasteiger partial charge in [-0.1, -0.05) is 4.49 Å². The first-order valence-electron chi connectivity index (χ1n) is 2.56. The summed E-state index contributed by atoms with van der Waals surface area (Å²) in [4.78, 5) is 7.62. The molecule has 2 heterocycles. The second-order valence-electron chi connectivity index (χ2n) is 1.68. The molecule has 0 aliphatic carbocycles. The van der Waals surface area contributed by atoms with Crippen molar-refractivity contribution in [3.05, 3.63) is 6.33 Å². The normalized spacial score (nSPS) is 10.4. The van der Waals surface area contributed by atoms with E-state index in [1.807, 2.05) is 0 Å². The summed E-state index contributed by atoms with van der Waals surface area (Å²) in [6.45, 7) is 0. The van der Waals surface area contributed by atoms with Crippen LogP contribution in [0, 0.1) is 0 Å². The summed E-state index contributed by atoms with van der Waals surface area (Å²) < 4.78 is 4.42. The Morgan fingerprint density at radius 3 is 3.10 bits per heavy atom. The molecular weight excluding hydrogens is 150 g/mol. The zero-order chi connectivity index (χ0) is 6.97. The first-order chi connectivity index (χ1) is 4.88. The second-order valence-corrected chi connectivity index (χ2v) is 2.44. The SMILES string of the molecule is Nc1ncnc2nnsc12. The molecule has 0 aliphatic heterocycles. The molecule has 0 atom stereocenters. The van der Waals surface area contributed by atoms with Crippen LogP contribution in [0.5, 0.6) is 0 Å². The van der Waals surface area contributed by atoms with E-state index in [9.17, 15) is 0 Å². The molecule has 0 aliphatic rings. The number of nitrogens with two attached hydrogens (primary N) is 1. The van der Waals surface area contributed by atoms with Gasteiger partial charge in [0.1, 0.15) is 16.8 Å². The Morgan fingerprint density at radius 1 is 1.40 bits per heavy atom. The molecule has 10 heavy (non-hydrogen) atoms. The van der Waals surface area contributed by atoms with Gasteiger partial charge in [0.05, 0.1) is 0 Å². The van der Waals surface area contributed by atoms with Crippen LogP contribution in [0.2, 0.25) is 0 Å². The maximum Gasteiger partial charge on any atom is 0.199 e. The van der Waals surface area contributed by atoms with Gasteiger partial charge in [-0.25, -0.2) is 9.97 Å². The van der Waals surface area contributed by atoms with Crippen LogP contribution in [0.3, 0.4) is 0 Å². The fraction of sp³-hybridized carbons (Fsp3) is 0. The van der Waals surface area contributed by atoms with Gasteiger partial charge in [-0.2, -0.15) is 0 Å². The molecule has 0 saturated heterocycles. The number of anilines is 1. The van der Waals surface area contributed by atoms with Gasteiger partial charge in [0.25, 0.3) is 0 Å². The third-order valence-corrected chi connectivity index (χ3v) is 1.82. The Morgan fingerprint density at radius 2 is 2.30 bits per heavy atom. The monoisotopic (exact) mass is 153 g/mol. The van der Waals surface area contributed by atoms with Crippen molar-refractivity contribution in [3.8, 4) is 0 Å². The van der Waals surface area contributed by atoms with Gasteiger partial charge >= 0.3 is 0 Å². The maximum absolute atomic E-state index is 5.48. The molecule has 0 amide bonds. The minimum Gasteiger partial charge on any atom is -0.382 e. The molecule has 5 nitrogen and oxygen atoms in total. The van der Waals surface area contributed by atoms with Crippen LogP contribution in [0.1, 0.15) is 0 Å². The molecule has 6 heteroatoms. The van der Waals surface area contributed by atoms with Crippen LogP contribution >= 0.6 is 11.5 Å². The van der Waals surface area contributed by atoms with Crippen LogP contribution in [0.4, 0.5) is 5.82 Å². The van der Waals surface area contributed by atoms with E-state index in [1.54, 1.807) is 0 Å². The molecule has 2 rings (SSSR count). The third kappa shape index (κ3) is 0.623. The number of hydrogen-bond donors (Lipinski definition) is 1. The third-order valence-electron chi connectivity index (χ3n) is 1.08. The Kier molecular flexibility index (Phi) is 1.01. The zero-order valence-electron chi connectivity index (χ0n) is 4.85. The number of rotatable bonds is 0.